The highest BCUT2D eigenvalue weighted by molar-refractivity contribution is 14.0. The molecule has 0 aliphatic carbocycles. The molecule has 1 aliphatic heterocycles. The minimum absolute atomic E-state index is 0. The Bertz CT molecular complexity index is 842. The van der Waals surface area contributed by atoms with E-state index in [1.54, 1.807) is 21.3 Å². The van der Waals surface area contributed by atoms with Gasteiger partial charge in [0, 0.05) is 31.7 Å². The van der Waals surface area contributed by atoms with Gasteiger partial charge in [0.15, 0.2) is 23.3 Å². The van der Waals surface area contributed by atoms with Crippen molar-refractivity contribution < 1.29 is 14.2 Å². The topological polar surface area (TPSA) is 94.8 Å². The van der Waals surface area contributed by atoms with Crippen molar-refractivity contribution in [3.63, 3.8) is 0 Å². The molecule has 166 valence electrons. The lowest BCUT2D eigenvalue weighted by molar-refractivity contribution is 0.177. The summed E-state index contributed by atoms with van der Waals surface area (Å²) in [6.45, 7) is 4.50. The van der Waals surface area contributed by atoms with Crippen molar-refractivity contribution in [2.45, 2.75) is 45.5 Å². The number of aryl methyl sites for hydroxylation is 1. The lowest BCUT2D eigenvalue weighted by Gasteiger charge is -2.25. The van der Waals surface area contributed by atoms with Gasteiger partial charge in [-0.3, -0.25) is 0 Å². The van der Waals surface area contributed by atoms with Crippen LogP contribution in [0, 0.1) is 0 Å². The number of methoxy groups -OCH3 is 3. The van der Waals surface area contributed by atoms with Gasteiger partial charge in [0.05, 0.1) is 27.3 Å². The van der Waals surface area contributed by atoms with Crippen LogP contribution in [0.3, 0.4) is 0 Å². The van der Waals surface area contributed by atoms with E-state index in [2.05, 4.69) is 27.6 Å². The predicted molar refractivity (Wildman–Crippen MR) is 126 cm³/mol. The van der Waals surface area contributed by atoms with Gasteiger partial charge in [-0.1, -0.05) is 12.1 Å². The number of rotatable bonds is 8. The molecule has 2 N–H and O–H groups in total. The standard InChI is InChI=1S/C20H30N6O3.HI/c1-5-21-20(22-11-14-7-6-8-16(28-3)19(14)29-4)23-15-9-10-18-24-17(13-27-2)25-26(18)12-15;/h6-8,15H,5,9-13H2,1-4H3,(H2,21,22,23);1H. The number of halogens is 1. The molecule has 1 aromatic heterocycles. The Kier molecular flexibility index (Phi) is 9.63. The summed E-state index contributed by atoms with van der Waals surface area (Å²) in [5.74, 6) is 3.93. The second kappa shape index (κ2) is 11.9. The molecule has 0 bridgehead atoms. The molecular formula is C20H31IN6O3. The van der Waals surface area contributed by atoms with Crippen molar-refractivity contribution in [3.8, 4) is 11.5 Å². The predicted octanol–water partition coefficient (Wildman–Crippen LogP) is 2.13. The average molecular weight is 530 g/mol. The van der Waals surface area contributed by atoms with Gasteiger partial charge in [0.25, 0.3) is 0 Å². The summed E-state index contributed by atoms with van der Waals surface area (Å²) in [4.78, 5) is 9.28. The number of nitrogens with zero attached hydrogens (tertiary/aromatic N) is 4. The Balaban J connectivity index is 0.00000320. The van der Waals surface area contributed by atoms with Gasteiger partial charge in [-0.15, -0.1) is 24.0 Å². The number of fused-ring (bicyclic) bond motifs is 1. The molecule has 0 saturated heterocycles. The minimum atomic E-state index is 0. The average Bonchev–Trinajstić information content (AvgIpc) is 3.13. The molecule has 10 heteroatoms. The van der Waals surface area contributed by atoms with Crippen molar-refractivity contribution in [1.82, 2.24) is 25.4 Å². The van der Waals surface area contributed by atoms with Crippen LogP contribution in [0.15, 0.2) is 23.2 Å². The summed E-state index contributed by atoms with van der Waals surface area (Å²) in [6, 6.07) is 6.04. The molecule has 0 saturated carbocycles. The third-order valence-corrected chi connectivity index (χ3v) is 4.75. The van der Waals surface area contributed by atoms with E-state index in [1.807, 2.05) is 22.9 Å². The Morgan fingerprint density at radius 2 is 2.10 bits per heavy atom. The van der Waals surface area contributed by atoms with Gasteiger partial charge in [-0.2, -0.15) is 5.10 Å². The summed E-state index contributed by atoms with van der Waals surface area (Å²) in [6.07, 6.45) is 1.84. The largest absolute Gasteiger partial charge is 0.493 e. The number of hydrogen-bond donors (Lipinski definition) is 2. The van der Waals surface area contributed by atoms with Crippen LogP contribution >= 0.6 is 24.0 Å². The fraction of sp³-hybridized carbons (Fsp3) is 0.550. The maximum Gasteiger partial charge on any atom is 0.191 e. The molecule has 30 heavy (non-hydrogen) atoms. The van der Waals surface area contributed by atoms with Gasteiger partial charge in [-0.25, -0.2) is 14.7 Å². The van der Waals surface area contributed by atoms with Crippen molar-refractivity contribution in [2.24, 2.45) is 4.99 Å². The molecule has 2 aromatic rings. The number of hydrogen-bond acceptors (Lipinski definition) is 6. The molecule has 0 spiro atoms. The Hall–Kier alpha value is -2.08. The van der Waals surface area contributed by atoms with E-state index in [9.17, 15) is 0 Å². The van der Waals surface area contributed by atoms with Crippen LogP contribution in [0.2, 0.25) is 0 Å². The van der Waals surface area contributed by atoms with E-state index in [0.717, 1.165) is 49.1 Å². The SMILES string of the molecule is CCNC(=NCc1cccc(OC)c1OC)NC1CCc2nc(COC)nn2C1.I. The molecule has 3 rings (SSSR count). The zero-order chi connectivity index (χ0) is 20.6. The zero-order valence-corrected chi connectivity index (χ0v) is 20.3. The van der Waals surface area contributed by atoms with Crippen LogP contribution in [0.25, 0.3) is 0 Å². The van der Waals surface area contributed by atoms with Crippen LogP contribution in [0.1, 0.15) is 30.6 Å². The summed E-state index contributed by atoms with van der Waals surface area (Å²) >= 11 is 0. The molecule has 0 amide bonds. The minimum Gasteiger partial charge on any atom is -0.493 e. The quantitative estimate of drug-likeness (QED) is 0.307. The fourth-order valence-corrected chi connectivity index (χ4v) is 3.42. The number of nitrogens with one attached hydrogen (secondary N) is 2. The van der Waals surface area contributed by atoms with E-state index in [0.29, 0.717) is 24.7 Å². The third kappa shape index (κ3) is 5.97. The van der Waals surface area contributed by atoms with Crippen molar-refractivity contribution in [3.05, 3.63) is 35.4 Å². The summed E-state index contributed by atoms with van der Waals surface area (Å²) in [5.41, 5.74) is 0.968. The van der Waals surface area contributed by atoms with E-state index < -0.39 is 0 Å². The van der Waals surface area contributed by atoms with Crippen LogP contribution in [0.4, 0.5) is 0 Å². The molecular weight excluding hydrogens is 499 g/mol. The number of aliphatic imine (C=N–C) groups is 1. The third-order valence-electron chi connectivity index (χ3n) is 4.75. The Labute approximate surface area is 194 Å². The maximum atomic E-state index is 5.51. The summed E-state index contributed by atoms with van der Waals surface area (Å²) < 4.78 is 18.0. The number of aromatic nitrogens is 3. The maximum absolute atomic E-state index is 5.51. The lowest BCUT2D eigenvalue weighted by Crippen LogP contribution is -2.47. The summed E-state index contributed by atoms with van der Waals surface area (Å²) in [7, 11) is 4.93. The molecule has 1 aromatic carbocycles. The van der Waals surface area contributed by atoms with E-state index in [4.69, 9.17) is 19.2 Å². The van der Waals surface area contributed by atoms with Crippen molar-refractivity contribution in [2.75, 3.05) is 27.9 Å². The van der Waals surface area contributed by atoms with Crippen LogP contribution in [-0.2, 0) is 30.9 Å². The molecule has 9 nitrogen and oxygen atoms in total. The number of guanidine groups is 1. The highest BCUT2D eigenvalue weighted by atomic mass is 127. The second-order valence-electron chi connectivity index (χ2n) is 6.79. The van der Waals surface area contributed by atoms with Crippen molar-refractivity contribution in [1.29, 1.82) is 0 Å². The normalized spacial score (nSPS) is 15.7. The van der Waals surface area contributed by atoms with Crippen molar-refractivity contribution >= 4 is 29.9 Å². The molecule has 1 atom stereocenters. The highest BCUT2D eigenvalue weighted by Gasteiger charge is 2.22. The first-order valence-electron chi connectivity index (χ1n) is 9.84. The van der Waals surface area contributed by atoms with Gasteiger partial charge >= 0.3 is 0 Å². The van der Waals surface area contributed by atoms with E-state index in [-0.39, 0.29) is 30.0 Å². The first-order chi connectivity index (χ1) is 14.2. The number of para-hydroxylation sites is 1. The Morgan fingerprint density at radius 1 is 1.27 bits per heavy atom. The van der Waals surface area contributed by atoms with Crippen LogP contribution in [0.5, 0.6) is 11.5 Å². The smallest absolute Gasteiger partial charge is 0.191 e. The molecule has 0 fully saturated rings. The molecule has 1 aliphatic rings. The van der Waals surface area contributed by atoms with E-state index >= 15 is 0 Å². The number of benzene rings is 1. The van der Waals surface area contributed by atoms with Gasteiger partial charge in [0.1, 0.15) is 12.4 Å². The fourth-order valence-electron chi connectivity index (χ4n) is 3.42. The summed E-state index contributed by atoms with van der Waals surface area (Å²) in [5, 5.41) is 11.4. The molecule has 2 heterocycles. The monoisotopic (exact) mass is 530 g/mol. The first kappa shape index (κ1) is 24.2. The first-order valence-corrected chi connectivity index (χ1v) is 9.84. The Morgan fingerprint density at radius 3 is 2.80 bits per heavy atom. The second-order valence-corrected chi connectivity index (χ2v) is 6.79. The molecule has 0 radical (unpaired) electrons. The molecule has 1 unspecified atom stereocenters. The van der Waals surface area contributed by atoms with E-state index in [1.165, 1.54) is 0 Å². The van der Waals surface area contributed by atoms with Gasteiger partial charge in [0.2, 0.25) is 0 Å². The zero-order valence-electron chi connectivity index (χ0n) is 18.0. The lowest BCUT2D eigenvalue weighted by atomic mass is 10.1. The van der Waals surface area contributed by atoms with Crippen LogP contribution in [-0.4, -0.2) is 54.6 Å². The number of ether oxygens (including phenoxy) is 3. The highest BCUT2D eigenvalue weighted by Crippen LogP contribution is 2.31. The van der Waals surface area contributed by atoms with Gasteiger partial charge < -0.3 is 24.8 Å². The van der Waals surface area contributed by atoms with Crippen LogP contribution < -0.4 is 20.1 Å². The van der Waals surface area contributed by atoms with Gasteiger partial charge in [-0.05, 0) is 19.4 Å².